The molecule has 0 aliphatic heterocycles. The van der Waals surface area contributed by atoms with Gasteiger partial charge in [-0.1, -0.05) is 64.7 Å². The Bertz CT molecular complexity index is 219. The molecule has 120 valence electrons. The fourth-order valence-corrected chi connectivity index (χ4v) is 2.17. The van der Waals surface area contributed by atoms with Gasteiger partial charge in [0.2, 0.25) is 0 Å². The molecule has 0 spiro atoms. The van der Waals surface area contributed by atoms with E-state index >= 15 is 0 Å². The van der Waals surface area contributed by atoms with Crippen molar-refractivity contribution < 1.29 is 19.7 Å². The van der Waals surface area contributed by atoms with Gasteiger partial charge in [0.15, 0.2) is 0 Å². The molecule has 0 rings (SSSR count). The molecule has 0 saturated carbocycles. The Kier molecular flexibility index (Phi) is 14.3. The van der Waals surface area contributed by atoms with Gasteiger partial charge in [0.25, 0.3) is 0 Å². The highest BCUT2D eigenvalue weighted by Crippen LogP contribution is 2.10. The zero-order valence-corrected chi connectivity index (χ0v) is 13.0. The molecule has 0 aliphatic carbocycles. The topological polar surface area (TPSA) is 66.8 Å². The second-order valence-corrected chi connectivity index (χ2v) is 5.51. The summed E-state index contributed by atoms with van der Waals surface area (Å²) in [4.78, 5) is 10.3. The van der Waals surface area contributed by atoms with Crippen LogP contribution in [0.5, 0.6) is 0 Å². The molecule has 0 aromatic rings. The van der Waals surface area contributed by atoms with E-state index in [9.17, 15) is 9.90 Å². The Labute approximate surface area is 123 Å². The van der Waals surface area contributed by atoms with Crippen LogP contribution in [0, 0.1) is 0 Å². The molecule has 0 fully saturated rings. The summed E-state index contributed by atoms with van der Waals surface area (Å²) in [6, 6.07) is 0. The van der Waals surface area contributed by atoms with Crippen molar-refractivity contribution in [1.29, 1.82) is 0 Å². The fourth-order valence-electron chi connectivity index (χ4n) is 2.17. The summed E-state index contributed by atoms with van der Waals surface area (Å²) >= 11 is 0. The number of rotatable bonds is 15. The molecule has 4 nitrogen and oxygen atoms in total. The summed E-state index contributed by atoms with van der Waals surface area (Å²) in [5, 5.41) is 17.7. The number of aliphatic hydroxyl groups excluding tert-OH is 1. The molecule has 1 unspecified atom stereocenters. The molecule has 1 atom stereocenters. The van der Waals surface area contributed by atoms with Gasteiger partial charge in [-0.3, -0.25) is 4.79 Å². The van der Waals surface area contributed by atoms with E-state index < -0.39 is 12.1 Å². The fraction of sp³-hybridized carbons (Fsp3) is 0.938. The minimum Gasteiger partial charge on any atom is -0.481 e. The Balaban J connectivity index is 3.08. The van der Waals surface area contributed by atoms with E-state index in [-0.39, 0.29) is 13.0 Å². The van der Waals surface area contributed by atoms with Crippen LogP contribution in [0.3, 0.4) is 0 Å². The highest BCUT2D eigenvalue weighted by molar-refractivity contribution is 5.67. The molecular formula is C16H32O4. The van der Waals surface area contributed by atoms with Crippen LogP contribution in [-0.2, 0) is 9.53 Å². The number of hydrogen-bond acceptors (Lipinski definition) is 3. The summed E-state index contributed by atoms with van der Waals surface area (Å²) in [5.74, 6) is -0.986. The Morgan fingerprint density at radius 3 is 1.95 bits per heavy atom. The van der Waals surface area contributed by atoms with E-state index in [1.165, 1.54) is 51.4 Å². The van der Waals surface area contributed by atoms with Crippen LogP contribution in [0.4, 0.5) is 0 Å². The van der Waals surface area contributed by atoms with Crippen LogP contribution < -0.4 is 0 Å². The van der Waals surface area contributed by atoms with E-state index in [1.807, 2.05) is 0 Å². The lowest BCUT2D eigenvalue weighted by Gasteiger charge is -2.08. The SMILES string of the molecule is CCCCCCCCCCCCOCC(O)CC(=O)O. The normalized spacial score (nSPS) is 12.5. The first-order chi connectivity index (χ1) is 9.66. The van der Waals surface area contributed by atoms with E-state index in [2.05, 4.69) is 6.92 Å². The summed E-state index contributed by atoms with van der Waals surface area (Å²) < 4.78 is 5.25. The average molecular weight is 288 g/mol. The highest BCUT2D eigenvalue weighted by atomic mass is 16.5. The predicted molar refractivity (Wildman–Crippen MR) is 80.9 cm³/mol. The maximum atomic E-state index is 10.3. The number of carboxylic acids is 1. The molecule has 2 N–H and O–H groups in total. The molecule has 0 aromatic carbocycles. The number of aliphatic hydroxyl groups is 1. The lowest BCUT2D eigenvalue weighted by atomic mass is 10.1. The third-order valence-corrected chi connectivity index (χ3v) is 3.36. The van der Waals surface area contributed by atoms with Crippen molar-refractivity contribution >= 4 is 5.97 Å². The van der Waals surface area contributed by atoms with Crippen molar-refractivity contribution in [1.82, 2.24) is 0 Å². The standard InChI is InChI=1S/C16H32O4/c1-2-3-4-5-6-7-8-9-10-11-12-20-14-15(17)13-16(18)19/h15,17H,2-14H2,1H3,(H,18,19). The van der Waals surface area contributed by atoms with Gasteiger partial charge >= 0.3 is 5.97 Å². The molecule has 0 heterocycles. The molecule has 0 amide bonds. The zero-order valence-electron chi connectivity index (χ0n) is 13.0. The van der Waals surface area contributed by atoms with Gasteiger partial charge in [-0.15, -0.1) is 0 Å². The van der Waals surface area contributed by atoms with Gasteiger partial charge in [-0.25, -0.2) is 0 Å². The Morgan fingerprint density at radius 1 is 0.950 bits per heavy atom. The minimum atomic E-state index is -0.986. The third kappa shape index (κ3) is 15.4. The van der Waals surface area contributed by atoms with E-state index in [0.717, 1.165) is 12.8 Å². The molecule has 4 heteroatoms. The zero-order chi connectivity index (χ0) is 15.1. The number of aliphatic carboxylic acids is 1. The summed E-state index contributed by atoms with van der Waals surface area (Å²) in [6.45, 7) is 2.99. The maximum absolute atomic E-state index is 10.3. The van der Waals surface area contributed by atoms with Crippen molar-refractivity contribution in [2.45, 2.75) is 83.7 Å². The lowest BCUT2D eigenvalue weighted by Crippen LogP contribution is -2.19. The van der Waals surface area contributed by atoms with Gasteiger partial charge in [0.1, 0.15) is 0 Å². The van der Waals surface area contributed by atoms with Gasteiger partial charge in [0.05, 0.1) is 19.1 Å². The molecule has 0 bridgehead atoms. The minimum absolute atomic E-state index is 0.129. The van der Waals surface area contributed by atoms with Crippen LogP contribution in [-0.4, -0.2) is 35.5 Å². The van der Waals surface area contributed by atoms with Crippen LogP contribution in [0.25, 0.3) is 0 Å². The number of carbonyl (C=O) groups is 1. The monoisotopic (exact) mass is 288 g/mol. The Morgan fingerprint density at radius 2 is 1.45 bits per heavy atom. The summed E-state index contributed by atoms with van der Waals surface area (Å²) in [6.07, 6.45) is 11.7. The molecule has 0 radical (unpaired) electrons. The smallest absolute Gasteiger partial charge is 0.306 e. The van der Waals surface area contributed by atoms with Crippen LogP contribution >= 0.6 is 0 Å². The van der Waals surface area contributed by atoms with Crippen molar-refractivity contribution in [3.05, 3.63) is 0 Å². The summed E-state index contributed by atoms with van der Waals surface area (Å²) in [5.41, 5.74) is 0. The average Bonchev–Trinajstić information content (AvgIpc) is 2.39. The second kappa shape index (κ2) is 14.8. The Hall–Kier alpha value is -0.610. The first kappa shape index (κ1) is 19.4. The number of hydrogen-bond donors (Lipinski definition) is 2. The number of unbranched alkanes of at least 4 members (excludes halogenated alkanes) is 9. The molecule has 0 aromatic heterocycles. The predicted octanol–water partition coefficient (Wildman–Crippen LogP) is 3.76. The largest absolute Gasteiger partial charge is 0.481 e. The van der Waals surface area contributed by atoms with Gasteiger partial charge < -0.3 is 14.9 Å². The van der Waals surface area contributed by atoms with Gasteiger partial charge in [-0.2, -0.15) is 0 Å². The third-order valence-electron chi connectivity index (χ3n) is 3.36. The first-order valence-corrected chi connectivity index (χ1v) is 8.14. The van der Waals surface area contributed by atoms with Crippen LogP contribution in [0.15, 0.2) is 0 Å². The van der Waals surface area contributed by atoms with E-state index in [1.54, 1.807) is 0 Å². The quantitative estimate of drug-likeness (QED) is 0.450. The molecule has 20 heavy (non-hydrogen) atoms. The van der Waals surface area contributed by atoms with E-state index in [4.69, 9.17) is 9.84 Å². The number of carboxylic acid groups (broad SMARTS) is 1. The van der Waals surface area contributed by atoms with Crippen molar-refractivity contribution in [3.63, 3.8) is 0 Å². The van der Waals surface area contributed by atoms with Gasteiger partial charge in [-0.05, 0) is 6.42 Å². The molecule has 0 saturated heterocycles. The van der Waals surface area contributed by atoms with Crippen molar-refractivity contribution in [2.24, 2.45) is 0 Å². The van der Waals surface area contributed by atoms with Crippen LogP contribution in [0.2, 0.25) is 0 Å². The van der Waals surface area contributed by atoms with Crippen molar-refractivity contribution in [3.8, 4) is 0 Å². The maximum Gasteiger partial charge on any atom is 0.306 e. The van der Waals surface area contributed by atoms with E-state index in [0.29, 0.717) is 6.61 Å². The number of ether oxygens (including phenoxy) is 1. The van der Waals surface area contributed by atoms with Gasteiger partial charge in [0, 0.05) is 6.61 Å². The summed E-state index contributed by atoms with van der Waals surface area (Å²) in [7, 11) is 0. The first-order valence-electron chi connectivity index (χ1n) is 8.14. The van der Waals surface area contributed by atoms with Crippen molar-refractivity contribution in [2.75, 3.05) is 13.2 Å². The highest BCUT2D eigenvalue weighted by Gasteiger charge is 2.08. The molecular weight excluding hydrogens is 256 g/mol. The van der Waals surface area contributed by atoms with Crippen LogP contribution in [0.1, 0.15) is 77.6 Å². The lowest BCUT2D eigenvalue weighted by molar-refractivity contribution is -0.140. The second-order valence-electron chi connectivity index (χ2n) is 5.51. The molecule has 0 aliphatic rings.